The SMILES string of the molecule is C=CCN(CC=C)C(=O)C(C)NC(=O)c1cc(C)nc2c1c(C)nn2C. The summed E-state index contributed by atoms with van der Waals surface area (Å²) in [5, 5.41) is 7.83. The molecule has 0 radical (unpaired) electrons. The van der Waals surface area contributed by atoms with Crippen LogP contribution in [0.15, 0.2) is 31.4 Å². The van der Waals surface area contributed by atoms with Crippen LogP contribution in [-0.4, -0.2) is 50.6 Å². The molecule has 7 heteroatoms. The fourth-order valence-electron chi connectivity index (χ4n) is 2.93. The Labute approximate surface area is 153 Å². The highest BCUT2D eigenvalue weighted by Gasteiger charge is 2.23. The molecule has 0 spiro atoms. The molecule has 0 fully saturated rings. The molecule has 7 nitrogen and oxygen atoms in total. The standard InChI is InChI=1S/C19H25N5O2/c1-7-9-24(10-8-2)19(26)14(5)21-18(25)15-11-12(3)20-17-16(15)13(4)22-23(17)6/h7-8,11,14H,1-2,9-10H2,3-6H3,(H,21,25). The van der Waals surface area contributed by atoms with Crippen molar-refractivity contribution in [2.45, 2.75) is 26.8 Å². The molecule has 2 aromatic heterocycles. The van der Waals surface area contributed by atoms with E-state index in [2.05, 4.69) is 28.6 Å². The quantitative estimate of drug-likeness (QED) is 0.770. The van der Waals surface area contributed by atoms with E-state index in [0.29, 0.717) is 35.4 Å². The largest absolute Gasteiger partial charge is 0.340 e. The number of carbonyl (C=O) groups excluding carboxylic acids is 2. The monoisotopic (exact) mass is 355 g/mol. The van der Waals surface area contributed by atoms with Gasteiger partial charge in [0.15, 0.2) is 5.65 Å². The predicted octanol–water partition coefficient (Wildman–Crippen LogP) is 1.90. The van der Waals surface area contributed by atoms with Crippen LogP contribution in [0.5, 0.6) is 0 Å². The summed E-state index contributed by atoms with van der Waals surface area (Å²) in [6.45, 7) is 13.4. The summed E-state index contributed by atoms with van der Waals surface area (Å²) in [6.07, 6.45) is 3.29. The first-order chi connectivity index (χ1) is 12.3. The second-order valence-electron chi connectivity index (χ2n) is 6.23. The first-order valence-electron chi connectivity index (χ1n) is 8.42. The van der Waals surface area contributed by atoms with Crippen molar-refractivity contribution < 1.29 is 9.59 Å². The number of amides is 2. The maximum absolute atomic E-state index is 12.8. The number of hydrogen-bond donors (Lipinski definition) is 1. The lowest BCUT2D eigenvalue weighted by atomic mass is 10.1. The van der Waals surface area contributed by atoms with E-state index < -0.39 is 6.04 Å². The summed E-state index contributed by atoms with van der Waals surface area (Å²) in [5.41, 5.74) is 2.55. The van der Waals surface area contributed by atoms with Crippen molar-refractivity contribution in [1.82, 2.24) is 25.0 Å². The van der Waals surface area contributed by atoms with Gasteiger partial charge in [-0.15, -0.1) is 13.2 Å². The van der Waals surface area contributed by atoms with E-state index in [0.717, 1.165) is 5.69 Å². The van der Waals surface area contributed by atoms with Crippen molar-refractivity contribution >= 4 is 22.8 Å². The minimum absolute atomic E-state index is 0.192. The van der Waals surface area contributed by atoms with E-state index in [1.807, 2.05) is 13.8 Å². The van der Waals surface area contributed by atoms with Crippen LogP contribution in [-0.2, 0) is 11.8 Å². The third-order valence-electron chi connectivity index (χ3n) is 4.07. The Morgan fingerprint density at radius 2 is 1.92 bits per heavy atom. The molecule has 0 aliphatic rings. The highest BCUT2D eigenvalue weighted by atomic mass is 16.2. The summed E-state index contributed by atoms with van der Waals surface area (Å²) >= 11 is 0. The summed E-state index contributed by atoms with van der Waals surface area (Å²) in [6, 6.07) is 1.04. The Hall–Kier alpha value is -2.96. The molecule has 0 aliphatic heterocycles. The van der Waals surface area contributed by atoms with E-state index in [-0.39, 0.29) is 11.8 Å². The average molecular weight is 355 g/mol. The van der Waals surface area contributed by atoms with Crippen molar-refractivity contribution in [2.75, 3.05) is 13.1 Å². The summed E-state index contributed by atoms with van der Waals surface area (Å²) < 4.78 is 1.65. The Bertz CT molecular complexity index is 858. The molecular formula is C19H25N5O2. The third-order valence-corrected chi connectivity index (χ3v) is 4.07. The summed E-state index contributed by atoms with van der Waals surface area (Å²) in [4.78, 5) is 31.4. The van der Waals surface area contributed by atoms with Gasteiger partial charge >= 0.3 is 0 Å². The van der Waals surface area contributed by atoms with Gasteiger partial charge in [-0.25, -0.2) is 4.98 Å². The van der Waals surface area contributed by atoms with Gasteiger partial charge in [-0.3, -0.25) is 14.3 Å². The second kappa shape index (κ2) is 7.95. The second-order valence-corrected chi connectivity index (χ2v) is 6.23. The molecule has 1 atom stereocenters. The van der Waals surface area contributed by atoms with Gasteiger partial charge < -0.3 is 10.2 Å². The topological polar surface area (TPSA) is 80.1 Å². The normalized spacial score (nSPS) is 11.8. The molecular weight excluding hydrogens is 330 g/mol. The van der Waals surface area contributed by atoms with Crippen LogP contribution in [0.1, 0.15) is 28.7 Å². The average Bonchev–Trinajstić information content (AvgIpc) is 2.87. The Kier molecular flexibility index (Phi) is 5.92. The van der Waals surface area contributed by atoms with Crippen molar-refractivity contribution in [3.63, 3.8) is 0 Å². The summed E-state index contributed by atoms with van der Waals surface area (Å²) in [5.74, 6) is -0.516. The van der Waals surface area contributed by atoms with Gasteiger partial charge in [0.1, 0.15) is 6.04 Å². The third kappa shape index (κ3) is 3.82. The lowest BCUT2D eigenvalue weighted by Gasteiger charge is -2.24. The van der Waals surface area contributed by atoms with E-state index in [1.54, 1.807) is 41.8 Å². The van der Waals surface area contributed by atoms with Crippen LogP contribution >= 0.6 is 0 Å². The van der Waals surface area contributed by atoms with Crippen LogP contribution < -0.4 is 5.32 Å². The lowest BCUT2D eigenvalue weighted by molar-refractivity contribution is -0.131. The molecule has 0 aromatic carbocycles. The number of fused-ring (bicyclic) bond motifs is 1. The number of nitrogens with one attached hydrogen (secondary N) is 1. The number of carbonyl (C=O) groups is 2. The molecule has 0 saturated carbocycles. The van der Waals surface area contributed by atoms with Crippen molar-refractivity contribution in [3.05, 3.63) is 48.3 Å². The van der Waals surface area contributed by atoms with Crippen molar-refractivity contribution in [3.8, 4) is 0 Å². The van der Waals surface area contributed by atoms with Crippen LogP contribution in [0.25, 0.3) is 11.0 Å². The molecule has 0 aliphatic carbocycles. The number of nitrogens with zero attached hydrogens (tertiary/aromatic N) is 4. The predicted molar refractivity (Wildman–Crippen MR) is 102 cm³/mol. The zero-order valence-electron chi connectivity index (χ0n) is 15.7. The van der Waals surface area contributed by atoms with Gasteiger partial charge in [0.05, 0.1) is 16.6 Å². The van der Waals surface area contributed by atoms with Gasteiger partial charge in [0, 0.05) is 25.8 Å². The number of aryl methyl sites for hydroxylation is 3. The molecule has 2 rings (SSSR count). The molecule has 0 bridgehead atoms. The van der Waals surface area contributed by atoms with Crippen LogP contribution in [0.2, 0.25) is 0 Å². The fraction of sp³-hybridized carbons (Fsp3) is 0.368. The first-order valence-corrected chi connectivity index (χ1v) is 8.42. The smallest absolute Gasteiger partial charge is 0.252 e. The molecule has 1 unspecified atom stereocenters. The maximum Gasteiger partial charge on any atom is 0.252 e. The maximum atomic E-state index is 12.8. The molecule has 2 aromatic rings. The number of aromatic nitrogens is 3. The molecule has 2 heterocycles. The molecule has 1 N–H and O–H groups in total. The molecule has 0 saturated heterocycles. The molecule has 2 amide bonds. The van der Waals surface area contributed by atoms with Gasteiger partial charge in [0.25, 0.3) is 5.91 Å². The van der Waals surface area contributed by atoms with E-state index >= 15 is 0 Å². The Balaban J connectivity index is 2.29. The van der Waals surface area contributed by atoms with Gasteiger partial charge in [-0.1, -0.05) is 12.2 Å². The molecule has 26 heavy (non-hydrogen) atoms. The van der Waals surface area contributed by atoms with E-state index in [1.165, 1.54) is 0 Å². The van der Waals surface area contributed by atoms with E-state index in [9.17, 15) is 9.59 Å². The minimum Gasteiger partial charge on any atom is -0.340 e. The first kappa shape index (κ1) is 19.4. The number of pyridine rings is 1. The van der Waals surface area contributed by atoms with Gasteiger partial charge in [-0.05, 0) is 26.8 Å². The Morgan fingerprint density at radius 1 is 1.31 bits per heavy atom. The Morgan fingerprint density at radius 3 is 2.50 bits per heavy atom. The highest BCUT2D eigenvalue weighted by molar-refractivity contribution is 6.07. The zero-order chi connectivity index (χ0) is 19.4. The van der Waals surface area contributed by atoms with Crippen molar-refractivity contribution in [1.29, 1.82) is 0 Å². The van der Waals surface area contributed by atoms with Crippen LogP contribution in [0, 0.1) is 13.8 Å². The lowest BCUT2D eigenvalue weighted by Crippen LogP contribution is -2.47. The van der Waals surface area contributed by atoms with E-state index in [4.69, 9.17) is 0 Å². The minimum atomic E-state index is -0.678. The number of rotatable bonds is 7. The zero-order valence-corrected chi connectivity index (χ0v) is 15.7. The van der Waals surface area contributed by atoms with Crippen molar-refractivity contribution in [2.24, 2.45) is 7.05 Å². The summed E-state index contributed by atoms with van der Waals surface area (Å²) in [7, 11) is 1.79. The number of hydrogen-bond acceptors (Lipinski definition) is 4. The fourth-order valence-corrected chi connectivity index (χ4v) is 2.93. The highest BCUT2D eigenvalue weighted by Crippen LogP contribution is 2.21. The van der Waals surface area contributed by atoms with Gasteiger partial charge in [0.2, 0.25) is 5.91 Å². The van der Waals surface area contributed by atoms with Gasteiger partial charge in [-0.2, -0.15) is 5.10 Å². The van der Waals surface area contributed by atoms with Crippen LogP contribution in [0.4, 0.5) is 0 Å². The van der Waals surface area contributed by atoms with Crippen LogP contribution in [0.3, 0.4) is 0 Å². The molecule has 138 valence electrons.